The lowest BCUT2D eigenvalue weighted by molar-refractivity contribution is -0.384. The lowest BCUT2D eigenvalue weighted by Crippen LogP contribution is -2.38. The van der Waals surface area contributed by atoms with Crippen LogP contribution in [-0.4, -0.2) is 23.7 Å². The van der Waals surface area contributed by atoms with Crippen LogP contribution >= 0.6 is 22.9 Å². The Morgan fingerprint density at radius 3 is 2.61 bits per heavy atom. The van der Waals surface area contributed by atoms with Crippen molar-refractivity contribution in [1.82, 2.24) is 4.57 Å². The molecule has 3 aromatic carbocycles. The van der Waals surface area contributed by atoms with Gasteiger partial charge in [0.25, 0.3) is 11.2 Å². The van der Waals surface area contributed by atoms with Crippen LogP contribution in [0.5, 0.6) is 11.5 Å². The molecule has 2 aromatic heterocycles. The van der Waals surface area contributed by atoms with E-state index in [1.807, 2.05) is 30.3 Å². The molecule has 7 rings (SSSR count). The Morgan fingerprint density at radius 2 is 1.84 bits per heavy atom. The van der Waals surface area contributed by atoms with Crippen LogP contribution in [0, 0.1) is 10.1 Å². The molecule has 220 valence electrons. The van der Waals surface area contributed by atoms with Gasteiger partial charge in [-0.15, -0.1) is 0 Å². The highest BCUT2D eigenvalue weighted by atomic mass is 35.5. The number of non-ortho nitro benzene ring substituents is 1. The van der Waals surface area contributed by atoms with E-state index in [-0.39, 0.29) is 22.3 Å². The average Bonchev–Trinajstić information content (AvgIpc) is 3.63. The summed E-state index contributed by atoms with van der Waals surface area (Å²) in [6.07, 6.45) is 3.30. The molecule has 2 aliphatic rings. The maximum atomic E-state index is 14.1. The Morgan fingerprint density at radius 1 is 1.02 bits per heavy atom. The number of hydrogen-bond acceptors (Lipinski definition) is 8. The van der Waals surface area contributed by atoms with Crippen molar-refractivity contribution in [3.05, 3.63) is 136 Å². The van der Waals surface area contributed by atoms with Crippen LogP contribution in [0.25, 0.3) is 23.1 Å². The zero-order chi connectivity index (χ0) is 30.5. The molecule has 9 nitrogen and oxygen atoms in total. The van der Waals surface area contributed by atoms with Gasteiger partial charge >= 0.3 is 0 Å². The van der Waals surface area contributed by atoms with Gasteiger partial charge in [0.15, 0.2) is 16.3 Å². The molecule has 0 unspecified atom stereocenters. The van der Waals surface area contributed by atoms with Gasteiger partial charge in [0.05, 0.1) is 40.4 Å². The van der Waals surface area contributed by atoms with Gasteiger partial charge < -0.3 is 13.9 Å². The number of furan rings is 1. The van der Waals surface area contributed by atoms with Crippen molar-refractivity contribution in [1.29, 1.82) is 0 Å². The van der Waals surface area contributed by atoms with Gasteiger partial charge in [-0.3, -0.25) is 19.5 Å². The summed E-state index contributed by atoms with van der Waals surface area (Å²) < 4.78 is 19.3. The molecule has 0 radical (unpaired) electrons. The molecule has 11 heteroatoms. The number of aromatic nitrogens is 1. The molecule has 0 bridgehead atoms. The van der Waals surface area contributed by atoms with E-state index in [9.17, 15) is 14.9 Å². The maximum Gasteiger partial charge on any atom is 0.271 e. The van der Waals surface area contributed by atoms with E-state index in [0.717, 1.165) is 35.2 Å². The number of thiazole rings is 1. The monoisotopic (exact) mass is 625 g/mol. The Bertz CT molecular complexity index is 2200. The summed E-state index contributed by atoms with van der Waals surface area (Å²) in [6.45, 7) is 0. The minimum atomic E-state index is -0.505. The van der Waals surface area contributed by atoms with Gasteiger partial charge in [-0.05, 0) is 59.9 Å². The third-order valence-corrected chi connectivity index (χ3v) is 9.22. The van der Waals surface area contributed by atoms with Gasteiger partial charge in [0.2, 0.25) is 0 Å². The predicted molar refractivity (Wildman–Crippen MR) is 168 cm³/mol. The molecule has 1 aliphatic carbocycles. The number of allylic oxidation sites excluding steroid dienone is 1. The van der Waals surface area contributed by atoms with E-state index in [1.165, 1.54) is 29.0 Å². The van der Waals surface area contributed by atoms with E-state index in [1.54, 1.807) is 43.1 Å². The Hall–Kier alpha value is -4.93. The van der Waals surface area contributed by atoms with E-state index >= 15 is 0 Å². The first-order valence-electron chi connectivity index (χ1n) is 13.8. The summed E-state index contributed by atoms with van der Waals surface area (Å²) in [7, 11) is 3.19. The Kier molecular flexibility index (Phi) is 6.95. The zero-order valence-electron chi connectivity index (χ0n) is 23.6. The fourth-order valence-electron chi connectivity index (χ4n) is 5.87. The third kappa shape index (κ3) is 4.63. The van der Waals surface area contributed by atoms with Crippen LogP contribution in [0.2, 0.25) is 5.02 Å². The molecule has 0 N–H and O–H groups in total. The van der Waals surface area contributed by atoms with Crippen LogP contribution in [0.1, 0.15) is 34.9 Å². The highest BCUT2D eigenvalue weighted by molar-refractivity contribution is 7.07. The van der Waals surface area contributed by atoms with E-state index < -0.39 is 4.92 Å². The molecule has 0 saturated carbocycles. The van der Waals surface area contributed by atoms with Crippen molar-refractivity contribution in [2.45, 2.75) is 18.9 Å². The number of fused-ring (bicyclic) bond motifs is 3. The number of halogens is 1. The molecule has 3 heterocycles. The summed E-state index contributed by atoms with van der Waals surface area (Å²) in [6, 6.07) is 21.3. The summed E-state index contributed by atoms with van der Waals surface area (Å²) >= 11 is 7.62. The van der Waals surface area contributed by atoms with Crippen molar-refractivity contribution in [2.24, 2.45) is 4.99 Å². The molecule has 0 spiro atoms. The lowest BCUT2D eigenvalue weighted by Gasteiger charge is -2.31. The van der Waals surface area contributed by atoms with E-state index in [2.05, 4.69) is 12.1 Å². The minimum absolute atomic E-state index is 0.110. The second-order valence-corrected chi connectivity index (χ2v) is 11.8. The largest absolute Gasteiger partial charge is 0.493 e. The van der Waals surface area contributed by atoms with Crippen molar-refractivity contribution in [3.8, 4) is 22.8 Å². The van der Waals surface area contributed by atoms with Gasteiger partial charge in [0, 0.05) is 29.3 Å². The van der Waals surface area contributed by atoms with Gasteiger partial charge in [-0.1, -0.05) is 53.3 Å². The maximum absolute atomic E-state index is 14.1. The highest BCUT2D eigenvalue weighted by Gasteiger charge is 2.33. The lowest BCUT2D eigenvalue weighted by atomic mass is 9.83. The number of aryl methyl sites for hydroxylation is 1. The van der Waals surface area contributed by atoms with Crippen LogP contribution in [-0.2, 0) is 6.42 Å². The van der Waals surface area contributed by atoms with Gasteiger partial charge in [0.1, 0.15) is 11.5 Å². The zero-order valence-corrected chi connectivity index (χ0v) is 25.1. The number of nitro benzene ring substituents is 1. The second-order valence-electron chi connectivity index (χ2n) is 10.4. The molecular weight excluding hydrogens is 602 g/mol. The number of nitro groups is 1. The normalized spacial score (nSPS) is 15.7. The summed E-state index contributed by atoms with van der Waals surface area (Å²) in [4.78, 5) is 30.3. The molecule has 1 aliphatic heterocycles. The predicted octanol–water partition coefficient (Wildman–Crippen LogP) is 6.16. The number of ether oxygens (including phenoxy) is 2. The van der Waals surface area contributed by atoms with E-state index in [0.29, 0.717) is 37.9 Å². The van der Waals surface area contributed by atoms with Crippen molar-refractivity contribution < 1.29 is 18.8 Å². The number of hydrogen-bond donors (Lipinski definition) is 0. The van der Waals surface area contributed by atoms with Crippen LogP contribution in [0.3, 0.4) is 0 Å². The van der Waals surface area contributed by atoms with Crippen molar-refractivity contribution in [2.75, 3.05) is 14.2 Å². The molecule has 0 amide bonds. The van der Waals surface area contributed by atoms with Crippen LogP contribution < -0.4 is 24.4 Å². The quantitative estimate of drug-likeness (QED) is 0.165. The first-order chi connectivity index (χ1) is 21.4. The standard InChI is InChI=1S/C33H24ClN3O6S/c1-41-27-13-8-19(15-28(27)42-2)31-24-11-7-18-5-3-4-6-22(18)30(24)35-33-36(31)32(38)29(44-33)17-21-10-14-26(43-21)23-12-9-20(37(39)40)16-25(23)34/h3-6,8-10,12-17,31H,7,11H2,1-2H3/b29-17+/t31-/m1/s1. The van der Waals surface area contributed by atoms with Gasteiger partial charge in [-0.2, -0.15) is 0 Å². The van der Waals surface area contributed by atoms with Crippen LogP contribution in [0.15, 0.2) is 92.6 Å². The molecule has 0 fully saturated rings. The van der Waals surface area contributed by atoms with Crippen molar-refractivity contribution >= 4 is 40.4 Å². The smallest absolute Gasteiger partial charge is 0.271 e. The first kappa shape index (κ1) is 27.9. The number of nitrogens with zero attached hydrogens (tertiary/aromatic N) is 3. The molecule has 5 aromatic rings. The summed E-state index contributed by atoms with van der Waals surface area (Å²) in [5, 5.41) is 11.3. The Balaban J connectivity index is 1.38. The summed E-state index contributed by atoms with van der Waals surface area (Å²) in [5.74, 6) is 2.06. The topological polar surface area (TPSA) is 109 Å². The van der Waals surface area contributed by atoms with E-state index in [4.69, 9.17) is 30.5 Å². The second kappa shape index (κ2) is 11.0. The average molecular weight is 626 g/mol. The van der Waals surface area contributed by atoms with Gasteiger partial charge in [-0.25, -0.2) is 4.99 Å². The SMILES string of the molecule is COc1ccc([C@@H]2C3=C(N=c4s/c(=C/c5ccc(-c6ccc([N+](=O)[O-])cc6Cl)o5)c(=O)n42)c2ccccc2CC3)cc1OC. The third-order valence-electron chi connectivity index (χ3n) is 7.93. The van der Waals surface area contributed by atoms with Crippen molar-refractivity contribution in [3.63, 3.8) is 0 Å². The molecule has 0 saturated heterocycles. The fraction of sp³-hybridized carbons (Fsp3) is 0.152. The highest BCUT2D eigenvalue weighted by Crippen LogP contribution is 2.43. The Labute approximate surface area is 259 Å². The first-order valence-corrected chi connectivity index (χ1v) is 14.9. The number of methoxy groups -OCH3 is 2. The number of rotatable bonds is 6. The molecular formula is C33H24ClN3O6S. The summed E-state index contributed by atoms with van der Waals surface area (Å²) in [5.41, 5.74) is 5.38. The number of benzene rings is 3. The fourth-order valence-corrected chi connectivity index (χ4v) is 7.12. The minimum Gasteiger partial charge on any atom is -0.493 e. The molecule has 1 atom stereocenters. The molecule has 44 heavy (non-hydrogen) atoms. The van der Waals surface area contributed by atoms with Crippen LogP contribution in [0.4, 0.5) is 5.69 Å².